The lowest BCUT2D eigenvalue weighted by Crippen LogP contribution is -2.52. The Morgan fingerprint density at radius 1 is 1.06 bits per heavy atom. The molecule has 0 fully saturated rings. The van der Waals surface area contributed by atoms with Gasteiger partial charge in [0.05, 0.1) is 11.9 Å². The molecule has 0 saturated heterocycles. The molecule has 0 aromatic heterocycles. The summed E-state index contributed by atoms with van der Waals surface area (Å²) in [6.07, 6.45) is 1.07. The van der Waals surface area contributed by atoms with Crippen LogP contribution in [0.15, 0.2) is 42.5 Å². The maximum atomic E-state index is 13.5. The average Bonchev–Trinajstić information content (AvgIpc) is 2.70. The summed E-state index contributed by atoms with van der Waals surface area (Å²) in [6, 6.07) is 11.5. The van der Waals surface area contributed by atoms with Gasteiger partial charge in [-0.15, -0.1) is 0 Å². The van der Waals surface area contributed by atoms with Gasteiger partial charge >= 0.3 is 0 Å². The van der Waals surface area contributed by atoms with Gasteiger partial charge in [0.2, 0.25) is 21.8 Å². The van der Waals surface area contributed by atoms with Gasteiger partial charge in [-0.25, -0.2) is 8.42 Å². The Labute approximate surface area is 201 Å². The first-order valence-electron chi connectivity index (χ1n) is 10.7. The van der Waals surface area contributed by atoms with Crippen LogP contribution in [0.25, 0.3) is 0 Å². The summed E-state index contributed by atoms with van der Waals surface area (Å²) in [4.78, 5) is 27.6. The first-order chi connectivity index (χ1) is 15.3. The van der Waals surface area contributed by atoms with Crippen molar-refractivity contribution in [3.8, 4) is 0 Å². The third kappa shape index (κ3) is 7.47. The fraction of sp³-hybridized carbons (Fsp3) is 0.417. The molecule has 2 aromatic carbocycles. The van der Waals surface area contributed by atoms with Crippen LogP contribution in [0.4, 0.5) is 5.69 Å². The summed E-state index contributed by atoms with van der Waals surface area (Å²) in [5.74, 6) is -0.814. The van der Waals surface area contributed by atoms with Gasteiger partial charge < -0.3 is 10.2 Å². The molecule has 33 heavy (non-hydrogen) atoms. The molecule has 1 N–H and O–H groups in total. The number of rotatable bonds is 9. The Bertz CT molecular complexity index is 1120. The van der Waals surface area contributed by atoms with Crippen molar-refractivity contribution < 1.29 is 18.0 Å². The number of halogens is 1. The summed E-state index contributed by atoms with van der Waals surface area (Å²) in [6.45, 7) is 8.62. The number of anilines is 1. The van der Waals surface area contributed by atoms with E-state index < -0.39 is 28.5 Å². The van der Waals surface area contributed by atoms with Crippen molar-refractivity contribution >= 4 is 39.1 Å². The smallest absolute Gasteiger partial charge is 0.244 e. The van der Waals surface area contributed by atoms with E-state index in [0.717, 1.165) is 27.3 Å². The van der Waals surface area contributed by atoms with Crippen molar-refractivity contribution in [3.63, 3.8) is 0 Å². The predicted molar refractivity (Wildman–Crippen MR) is 133 cm³/mol. The molecule has 2 rings (SSSR count). The number of nitrogens with one attached hydrogen (secondary N) is 1. The van der Waals surface area contributed by atoms with Crippen LogP contribution in [0.1, 0.15) is 37.5 Å². The zero-order chi connectivity index (χ0) is 24.9. The standard InChI is InChI=1S/C24H32ClN3O4S/c1-16(2)26-24(30)19(5)27(14-20-8-7-9-21(25)13-20)23(29)15-28(33(6,31)32)22-12-17(3)10-11-18(22)4/h7-13,16,19H,14-15H2,1-6H3,(H,26,30)/t19-/m0/s1. The van der Waals surface area contributed by atoms with Crippen LogP contribution in [0.5, 0.6) is 0 Å². The van der Waals surface area contributed by atoms with Gasteiger partial charge in [0.15, 0.2) is 0 Å². The number of sulfonamides is 1. The first kappa shape index (κ1) is 26.7. The second kappa shape index (κ2) is 11.0. The van der Waals surface area contributed by atoms with Crippen LogP contribution < -0.4 is 9.62 Å². The minimum absolute atomic E-state index is 0.106. The number of carbonyl (C=O) groups is 2. The van der Waals surface area contributed by atoms with E-state index >= 15 is 0 Å². The monoisotopic (exact) mass is 493 g/mol. The van der Waals surface area contributed by atoms with E-state index in [1.165, 1.54) is 4.90 Å². The SMILES string of the molecule is Cc1ccc(C)c(N(CC(=O)N(Cc2cccc(Cl)c2)[C@@H](C)C(=O)NC(C)C)S(C)(=O)=O)c1. The lowest BCUT2D eigenvalue weighted by molar-refractivity contribution is -0.139. The highest BCUT2D eigenvalue weighted by Gasteiger charge is 2.30. The molecule has 0 saturated carbocycles. The highest BCUT2D eigenvalue weighted by Crippen LogP contribution is 2.24. The van der Waals surface area contributed by atoms with E-state index in [1.807, 2.05) is 32.9 Å². The molecule has 0 aliphatic heterocycles. The molecule has 2 aromatic rings. The number of nitrogens with zero attached hydrogens (tertiary/aromatic N) is 2. The van der Waals surface area contributed by atoms with Crippen LogP contribution in [0, 0.1) is 13.8 Å². The van der Waals surface area contributed by atoms with Gasteiger partial charge in [-0.3, -0.25) is 13.9 Å². The minimum Gasteiger partial charge on any atom is -0.352 e. The van der Waals surface area contributed by atoms with Crippen LogP contribution in [-0.4, -0.2) is 50.0 Å². The number of amides is 2. The molecule has 7 nitrogen and oxygen atoms in total. The second-order valence-corrected chi connectivity index (χ2v) is 10.9. The zero-order valence-corrected chi connectivity index (χ0v) is 21.5. The highest BCUT2D eigenvalue weighted by atomic mass is 35.5. The van der Waals surface area contributed by atoms with Crippen molar-refractivity contribution in [3.05, 3.63) is 64.2 Å². The Kier molecular flexibility index (Phi) is 8.91. The Morgan fingerprint density at radius 3 is 2.30 bits per heavy atom. The average molecular weight is 494 g/mol. The summed E-state index contributed by atoms with van der Waals surface area (Å²) in [7, 11) is -3.77. The van der Waals surface area contributed by atoms with E-state index in [0.29, 0.717) is 10.7 Å². The van der Waals surface area contributed by atoms with E-state index in [2.05, 4.69) is 5.32 Å². The van der Waals surface area contributed by atoms with Gasteiger partial charge in [0.25, 0.3) is 0 Å². The van der Waals surface area contributed by atoms with Crippen molar-refractivity contribution in [1.29, 1.82) is 0 Å². The molecular formula is C24H32ClN3O4S. The van der Waals surface area contributed by atoms with Gasteiger partial charge in [0, 0.05) is 17.6 Å². The molecule has 0 bridgehead atoms. The Hall–Kier alpha value is -2.58. The number of benzene rings is 2. The Balaban J connectivity index is 2.44. The van der Waals surface area contributed by atoms with Gasteiger partial charge in [-0.2, -0.15) is 0 Å². The Morgan fingerprint density at radius 2 is 1.73 bits per heavy atom. The molecule has 9 heteroatoms. The summed E-state index contributed by atoms with van der Waals surface area (Å²) < 4.78 is 26.4. The predicted octanol–water partition coefficient (Wildman–Crippen LogP) is 3.66. The maximum Gasteiger partial charge on any atom is 0.244 e. The molecule has 180 valence electrons. The van der Waals surface area contributed by atoms with Crippen molar-refractivity contribution in [1.82, 2.24) is 10.2 Å². The molecule has 0 heterocycles. The third-order valence-corrected chi connectivity index (χ3v) is 6.51. The lowest BCUT2D eigenvalue weighted by Gasteiger charge is -2.32. The molecule has 1 atom stereocenters. The zero-order valence-electron chi connectivity index (χ0n) is 19.9. The van der Waals surface area contributed by atoms with Gasteiger partial charge in [-0.05, 0) is 69.5 Å². The maximum absolute atomic E-state index is 13.5. The minimum atomic E-state index is -3.77. The molecule has 0 aliphatic rings. The number of hydrogen-bond acceptors (Lipinski definition) is 4. The molecule has 0 spiro atoms. The van der Waals surface area contributed by atoms with Crippen LogP contribution in [-0.2, 0) is 26.2 Å². The quantitative estimate of drug-likeness (QED) is 0.577. The van der Waals surface area contributed by atoms with Gasteiger partial charge in [-0.1, -0.05) is 35.9 Å². The third-order valence-electron chi connectivity index (χ3n) is 5.15. The lowest BCUT2D eigenvalue weighted by atomic mass is 10.1. The van der Waals surface area contributed by atoms with Gasteiger partial charge in [0.1, 0.15) is 12.6 Å². The molecule has 0 aliphatic carbocycles. The highest BCUT2D eigenvalue weighted by molar-refractivity contribution is 7.92. The first-order valence-corrected chi connectivity index (χ1v) is 12.9. The van der Waals surface area contributed by atoms with Crippen molar-refractivity contribution in [2.24, 2.45) is 0 Å². The number of aryl methyl sites for hydroxylation is 2. The van der Waals surface area contributed by atoms with E-state index in [9.17, 15) is 18.0 Å². The van der Waals surface area contributed by atoms with E-state index in [1.54, 1.807) is 44.2 Å². The van der Waals surface area contributed by atoms with E-state index in [-0.39, 0.29) is 18.5 Å². The largest absolute Gasteiger partial charge is 0.352 e. The molecule has 0 radical (unpaired) electrons. The molecular weight excluding hydrogens is 462 g/mol. The van der Waals surface area contributed by atoms with Crippen LogP contribution in [0.2, 0.25) is 5.02 Å². The van der Waals surface area contributed by atoms with E-state index in [4.69, 9.17) is 11.6 Å². The van der Waals surface area contributed by atoms with Crippen molar-refractivity contribution in [2.45, 2.75) is 53.2 Å². The van der Waals surface area contributed by atoms with Crippen LogP contribution in [0.3, 0.4) is 0 Å². The topological polar surface area (TPSA) is 86.8 Å². The fourth-order valence-electron chi connectivity index (χ4n) is 3.40. The summed E-state index contributed by atoms with van der Waals surface area (Å²) in [5, 5.41) is 3.32. The fourth-order valence-corrected chi connectivity index (χ4v) is 4.51. The summed E-state index contributed by atoms with van der Waals surface area (Å²) in [5.41, 5.74) is 2.77. The number of carbonyl (C=O) groups excluding carboxylic acids is 2. The summed E-state index contributed by atoms with van der Waals surface area (Å²) >= 11 is 6.11. The number of hydrogen-bond donors (Lipinski definition) is 1. The normalized spacial score (nSPS) is 12.4. The second-order valence-electron chi connectivity index (χ2n) is 8.55. The van der Waals surface area contributed by atoms with Crippen molar-refractivity contribution in [2.75, 3.05) is 17.1 Å². The molecule has 2 amide bonds. The van der Waals surface area contributed by atoms with Crippen LogP contribution >= 0.6 is 11.6 Å². The molecule has 0 unspecified atom stereocenters.